The molecule has 28 heavy (non-hydrogen) atoms. The first-order valence-corrected chi connectivity index (χ1v) is 11.7. The lowest BCUT2D eigenvalue weighted by molar-refractivity contribution is 0.0126. The smallest absolute Gasteiger partial charge is 0.0622 e. The predicted octanol–water partition coefficient (Wildman–Crippen LogP) is 6.54. The van der Waals surface area contributed by atoms with Gasteiger partial charge in [-0.05, 0) is 100 Å². The Labute approximate surface area is 174 Å². The average Bonchev–Trinajstić information content (AvgIpc) is 2.70. The zero-order valence-electron chi connectivity index (χ0n) is 19.1. The number of hydrogen-bond acceptors (Lipinski definition) is 2. The summed E-state index contributed by atoms with van der Waals surface area (Å²) in [5, 5.41) is 0. The molecule has 2 aliphatic rings. The van der Waals surface area contributed by atoms with Crippen molar-refractivity contribution in [3.8, 4) is 0 Å². The summed E-state index contributed by atoms with van der Waals surface area (Å²) in [5.41, 5.74) is 3.82. The lowest BCUT2D eigenvalue weighted by atomic mass is 9.62. The molecule has 158 valence electrons. The van der Waals surface area contributed by atoms with Gasteiger partial charge in [0, 0.05) is 7.11 Å². The Morgan fingerprint density at radius 3 is 2.57 bits per heavy atom. The van der Waals surface area contributed by atoms with Crippen molar-refractivity contribution in [3.05, 3.63) is 35.4 Å². The molecule has 2 atom stereocenters. The number of benzene rings is 1. The monoisotopic (exact) mass is 385 g/mol. The zero-order valence-corrected chi connectivity index (χ0v) is 19.1. The SMILES string of the molecule is COC(C)(C)CCCC(C)CCN1CCC2(CC[C@H](C)c3ccccc32)CC1. The fraction of sp³-hybridized carbons (Fsp3) is 0.769. The van der Waals surface area contributed by atoms with Gasteiger partial charge in [-0.3, -0.25) is 0 Å². The number of fused-ring (bicyclic) bond motifs is 2. The maximum Gasteiger partial charge on any atom is 0.0622 e. The van der Waals surface area contributed by atoms with Crippen LogP contribution in [0.1, 0.15) is 96.1 Å². The van der Waals surface area contributed by atoms with E-state index in [1.807, 2.05) is 7.11 Å². The minimum Gasteiger partial charge on any atom is -0.379 e. The van der Waals surface area contributed by atoms with Crippen molar-refractivity contribution in [1.82, 2.24) is 4.90 Å². The molecule has 3 rings (SSSR count). The van der Waals surface area contributed by atoms with E-state index in [1.165, 1.54) is 64.6 Å². The van der Waals surface area contributed by atoms with E-state index in [9.17, 15) is 0 Å². The van der Waals surface area contributed by atoms with Crippen molar-refractivity contribution < 1.29 is 4.74 Å². The Balaban J connectivity index is 1.44. The summed E-state index contributed by atoms with van der Waals surface area (Å²) in [5.74, 6) is 1.56. The second-order valence-electron chi connectivity index (χ2n) is 10.4. The fourth-order valence-electron chi connectivity index (χ4n) is 5.44. The quantitative estimate of drug-likeness (QED) is 0.504. The van der Waals surface area contributed by atoms with Gasteiger partial charge in [-0.25, -0.2) is 0 Å². The second-order valence-corrected chi connectivity index (χ2v) is 10.4. The fourth-order valence-corrected chi connectivity index (χ4v) is 5.44. The molecule has 2 nitrogen and oxygen atoms in total. The summed E-state index contributed by atoms with van der Waals surface area (Å²) in [6.45, 7) is 13.1. The number of hydrogen-bond donors (Lipinski definition) is 0. The Morgan fingerprint density at radius 2 is 1.86 bits per heavy atom. The summed E-state index contributed by atoms with van der Waals surface area (Å²) in [6, 6.07) is 9.32. The largest absolute Gasteiger partial charge is 0.379 e. The van der Waals surface area contributed by atoms with Crippen LogP contribution in [0.3, 0.4) is 0 Å². The van der Waals surface area contributed by atoms with Crippen LogP contribution < -0.4 is 0 Å². The third kappa shape index (κ3) is 5.19. The number of ether oxygens (including phenoxy) is 1. The zero-order chi connectivity index (χ0) is 20.2. The summed E-state index contributed by atoms with van der Waals surface area (Å²) in [4.78, 5) is 2.74. The van der Waals surface area contributed by atoms with Crippen LogP contribution in [0.4, 0.5) is 0 Å². The van der Waals surface area contributed by atoms with Crippen LogP contribution in [0, 0.1) is 5.92 Å². The van der Waals surface area contributed by atoms with E-state index < -0.39 is 0 Å². The van der Waals surface area contributed by atoms with E-state index in [4.69, 9.17) is 4.74 Å². The highest BCUT2D eigenvalue weighted by atomic mass is 16.5. The van der Waals surface area contributed by atoms with Gasteiger partial charge in [0.2, 0.25) is 0 Å². The molecule has 1 aromatic carbocycles. The van der Waals surface area contributed by atoms with Crippen LogP contribution in [0.15, 0.2) is 24.3 Å². The molecular weight excluding hydrogens is 342 g/mol. The van der Waals surface area contributed by atoms with E-state index in [2.05, 4.69) is 56.9 Å². The van der Waals surface area contributed by atoms with Crippen molar-refractivity contribution in [2.24, 2.45) is 5.92 Å². The molecule has 0 bridgehead atoms. The van der Waals surface area contributed by atoms with Gasteiger partial charge in [-0.2, -0.15) is 0 Å². The molecule has 1 fully saturated rings. The molecule has 0 N–H and O–H groups in total. The van der Waals surface area contributed by atoms with Crippen molar-refractivity contribution >= 4 is 0 Å². The third-order valence-corrected chi connectivity index (χ3v) is 7.90. The van der Waals surface area contributed by atoms with Gasteiger partial charge in [0.05, 0.1) is 5.60 Å². The number of piperidine rings is 1. The summed E-state index contributed by atoms with van der Waals surface area (Å²) in [6.07, 6.45) is 10.6. The molecule has 1 aliphatic heterocycles. The number of rotatable bonds is 8. The lowest BCUT2D eigenvalue weighted by Crippen LogP contribution is -2.45. The molecule has 1 unspecified atom stereocenters. The first-order chi connectivity index (χ1) is 13.4. The first kappa shape index (κ1) is 21.8. The molecule has 1 aromatic rings. The van der Waals surface area contributed by atoms with Gasteiger partial charge in [0.25, 0.3) is 0 Å². The van der Waals surface area contributed by atoms with E-state index in [0.29, 0.717) is 5.41 Å². The van der Waals surface area contributed by atoms with Crippen LogP contribution >= 0.6 is 0 Å². The van der Waals surface area contributed by atoms with Gasteiger partial charge in [-0.1, -0.05) is 51.0 Å². The summed E-state index contributed by atoms with van der Waals surface area (Å²) >= 11 is 0. The highest BCUT2D eigenvalue weighted by molar-refractivity contribution is 5.39. The average molecular weight is 386 g/mol. The lowest BCUT2D eigenvalue weighted by Gasteiger charge is -2.47. The van der Waals surface area contributed by atoms with Gasteiger partial charge >= 0.3 is 0 Å². The normalized spacial score (nSPS) is 23.5. The molecule has 0 saturated carbocycles. The number of likely N-dealkylation sites (tertiary alicyclic amines) is 1. The summed E-state index contributed by atoms with van der Waals surface area (Å²) < 4.78 is 5.55. The summed E-state index contributed by atoms with van der Waals surface area (Å²) in [7, 11) is 1.83. The van der Waals surface area contributed by atoms with Gasteiger partial charge in [0.1, 0.15) is 0 Å². The van der Waals surface area contributed by atoms with Crippen LogP contribution in [0.25, 0.3) is 0 Å². The molecule has 0 radical (unpaired) electrons. The predicted molar refractivity (Wildman–Crippen MR) is 120 cm³/mol. The number of methoxy groups -OCH3 is 1. The van der Waals surface area contributed by atoms with Crippen molar-refractivity contribution in [1.29, 1.82) is 0 Å². The highest BCUT2D eigenvalue weighted by Gasteiger charge is 2.40. The standard InChI is InChI=1S/C26H43NO/c1-21(9-8-14-25(3,4)28-5)13-18-27-19-16-26(17-20-27)15-12-22(2)23-10-6-7-11-24(23)26/h6-7,10-11,21-22H,8-9,12-20H2,1-5H3/t21?,22-/m0/s1. The third-order valence-electron chi connectivity index (χ3n) is 7.90. The van der Waals surface area contributed by atoms with Crippen LogP contribution in [0.2, 0.25) is 0 Å². The molecule has 0 aromatic heterocycles. The Bertz CT molecular complexity index is 615. The Morgan fingerprint density at radius 1 is 1.14 bits per heavy atom. The number of nitrogens with zero attached hydrogens (tertiary/aromatic N) is 1. The Kier molecular flexibility index (Phi) is 7.26. The van der Waals surface area contributed by atoms with E-state index in [1.54, 1.807) is 11.1 Å². The van der Waals surface area contributed by atoms with Crippen LogP contribution in [-0.4, -0.2) is 37.2 Å². The van der Waals surface area contributed by atoms with Gasteiger partial charge < -0.3 is 9.64 Å². The Hall–Kier alpha value is -0.860. The molecule has 0 amide bonds. The van der Waals surface area contributed by atoms with E-state index in [-0.39, 0.29) is 5.60 Å². The van der Waals surface area contributed by atoms with Gasteiger partial charge in [0.15, 0.2) is 0 Å². The van der Waals surface area contributed by atoms with Crippen molar-refractivity contribution in [2.45, 2.75) is 96.0 Å². The second kappa shape index (κ2) is 9.30. The van der Waals surface area contributed by atoms with Crippen LogP contribution in [-0.2, 0) is 10.2 Å². The van der Waals surface area contributed by atoms with E-state index in [0.717, 1.165) is 18.3 Å². The highest BCUT2D eigenvalue weighted by Crippen LogP contribution is 2.48. The molecule has 1 heterocycles. The molecule has 1 aliphatic carbocycles. The molecular formula is C26H43NO. The molecule has 1 saturated heterocycles. The first-order valence-electron chi connectivity index (χ1n) is 11.7. The maximum atomic E-state index is 5.55. The topological polar surface area (TPSA) is 12.5 Å². The van der Waals surface area contributed by atoms with Crippen molar-refractivity contribution in [3.63, 3.8) is 0 Å². The molecule has 2 heteroatoms. The molecule has 1 spiro atoms. The van der Waals surface area contributed by atoms with Crippen LogP contribution in [0.5, 0.6) is 0 Å². The maximum absolute atomic E-state index is 5.55. The minimum atomic E-state index is 0.0364. The van der Waals surface area contributed by atoms with Crippen molar-refractivity contribution in [2.75, 3.05) is 26.7 Å². The minimum absolute atomic E-state index is 0.0364. The van der Waals surface area contributed by atoms with Gasteiger partial charge in [-0.15, -0.1) is 0 Å². The van der Waals surface area contributed by atoms with E-state index >= 15 is 0 Å².